The number of phenolic OH excluding ortho intramolecular Hbond substituents is 1. The minimum absolute atomic E-state index is 0.00375. The molecule has 0 bridgehead atoms. The molecular weight excluding hydrogens is 524 g/mol. The summed E-state index contributed by atoms with van der Waals surface area (Å²) in [7, 11) is 0. The van der Waals surface area contributed by atoms with Gasteiger partial charge in [-0.2, -0.15) is 0 Å². The quantitative estimate of drug-likeness (QED) is 0.177. The summed E-state index contributed by atoms with van der Waals surface area (Å²) in [5.41, 5.74) is 2.63. The maximum Gasteiger partial charge on any atom is 0.344 e. The van der Waals surface area contributed by atoms with Gasteiger partial charge in [-0.15, -0.1) is 0 Å². The fourth-order valence-electron chi connectivity index (χ4n) is 4.97. The third kappa shape index (κ3) is 7.06. The molecular formula is C33H36O8. The molecule has 1 unspecified atom stereocenters. The number of Topliss-reactive ketones (excluding diaryl/α,β-unsaturated/α-hetero) is 1. The fraction of sp³-hybridized carbons (Fsp3) is 0.364. The van der Waals surface area contributed by atoms with Crippen LogP contribution in [0.5, 0.6) is 23.0 Å². The van der Waals surface area contributed by atoms with Gasteiger partial charge in [-0.05, 0) is 69.7 Å². The summed E-state index contributed by atoms with van der Waals surface area (Å²) < 4.78 is 17.8. The van der Waals surface area contributed by atoms with E-state index < -0.39 is 12.1 Å². The SMILES string of the molecule is CCCc1c(OCCCCCOc2c(C(=O)c3ccccc3)ccc3c2CCC(C(=O)O)O3)ccc(C(C)=O)c1O. The van der Waals surface area contributed by atoms with Crippen LogP contribution in [-0.2, 0) is 17.6 Å². The summed E-state index contributed by atoms with van der Waals surface area (Å²) in [5.74, 6) is 0.0881. The fourth-order valence-corrected chi connectivity index (χ4v) is 4.97. The van der Waals surface area contributed by atoms with E-state index in [9.17, 15) is 24.6 Å². The van der Waals surface area contributed by atoms with Gasteiger partial charge < -0.3 is 24.4 Å². The van der Waals surface area contributed by atoms with Gasteiger partial charge in [0.05, 0.1) is 24.3 Å². The first-order valence-electron chi connectivity index (χ1n) is 14.1. The van der Waals surface area contributed by atoms with Gasteiger partial charge in [0.15, 0.2) is 17.7 Å². The van der Waals surface area contributed by atoms with E-state index in [4.69, 9.17) is 14.2 Å². The molecule has 0 aromatic heterocycles. The first kappa shape index (κ1) is 29.6. The lowest BCUT2D eigenvalue weighted by Gasteiger charge is -2.26. The van der Waals surface area contributed by atoms with E-state index in [-0.39, 0.29) is 17.3 Å². The average molecular weight is 561 g/mol. The molecule has 216 valence electrons. The average Bonchev–Trinajstić information content (AvgIpc) is 2.97. The van der Waals surface area contributed by atoms with Gasteiger partial charge in [-0.3, -0.25) is 9.59 Å². The molecule has 4 rings (SSSR count). The van der Waals surface area contributed by atoms with E-state index in [1.807, 2.05) is 13.0 Å². The highest BCUT2D eigenvalue weighted by atomic mass is 16.5. The number of fused-ring (bicyclic) bond motifs is 1. The number of aliphatic carboxylic acids is 1. The molecule has 8 heteroatoms. The van der Waals surface area contributed by atoms with Crippen molar-refractivity contribution >= 4 is 17.5 Å². The van der Waals surface area contributed by atoms with Crippen LogP contribution < -0.4 is 14.2 Å². The Morgan fingerprint density at radius 3 is 2.32 bits per heavy atom. The van der Waals surface area contributed by atoms with Crippen molar-refractivity contribution in [2.45, 2.75) is 64.9 Å². The van der Waals surface area contributed by atoms with Gasteiger partial charge in [0.25, 0.3) is 0 Å². The normalized spacial score (nSPS) is 14.0. The molecule has 3 aromatic carbocycles. The lowest BCUT2D eigenvalue weighted by molar-refractivity contribution is -0.145. The Morgan fingerprint density at radius 2 is 1.63 bits per heavy atom. The van der Waals surface area contributed by atoms with Crippen LogP contribution in [0.15, 0.2) is 54.6 Å². The van der Waals surface area contributed by atoms with E-state index in [1.54, 1.807) is 48.5 Å². The number of phenols is 1. The van der Waals surface area contributed by atoms with Crippen molar-refractivity contribution in [2.75, 3.05) is 13.2 Å². The number of carboxylic acids is 1. The van der Waals surface area contributed by atoms with Crippen molar-refractivity contribution in [3.05, 3.63) is 82.4 Å². The number of ketones is 2. The number of unbranched alkanes of at least 4 members (excludes halogenated alkanes) is 2. The molecule has 8 nitrogen and oxygen atoms in total. The third-order valence-corrected chi connectivity index (χ3v) is 7.11. The zero-order chi connectivity index (χ0) is 29.4. The molecule has 1 atom stereocenters. The number of benzene rings is 3. The van der Waals surface area contributed by atoms with E-state index >= 15 is 0 Å². The highest BCUT2D eigenvalue weighted by Crippen LogP contribution is 2.39. The van der Waals surface area contributed by atoms with Crippen LogP contribution in [-0.4, -0.2) is 47.1 Å². The van der Waals surface area contributed by atoms with Crippen molar-refractivity contribution in [1.82, 2.24) is 0 Å². The Balaban J connectivity index is 1.38. The molecule has 3 aromatic rings. The molecule has 1 aliphatic heterocycles. The number of ether oxygens (including phenoxy) is 3. The zero-order valence-electron chi connectivity index (χ0n) is 23.5. The molecule has 41 heavy (non-hydrogen) atoms. The Hall–Kier alpha value is -4.33. The summed E-state index contributed by atoms with van der Waals surface area (Å²) >= 11 is 0. The number of rotatable bonds is 14. The van der Waals surface area contributed by atoms with Gasteiger partial charge >= 0.3 is 5.97 Å². The molecule has 0 aliphatic carbocycles. The Morgan fingerprint density at radius 1 is 0.927 bits per heavy atom. The van der Waals surface area contributed by atoms with Crippen molar-refractivity contribution in [1.29, 1.82) is 0 Å². The van der Waals surface area contributed by atoms with Crippen LogP contribution in [0.2, 0.25) is 0 Å². The summed E-state index contributed by atoms with van der Waals surface area (Å²) in [6, 6.07) is 15.6. The van der Waals surface area contributed by atoms with Crippen LogP contribution >= 0.6 is 0 Å². The number of carbonyl (C=O) groups excluding carboxylic acids is 2. The van der Waals surface area contributed by atoms with Gasteiger partial charge in [0.1, 0.15) is 23.0 Å². The van der Waals surface area contributed by atoms with Gasteiger partial charge in [0.2, 0.25) is 0 Å². The lowest BCUT2D eigenvalue weighted by Crippen LogP contribution is -2.31. The largest absolute Gasteiger partial charge is 0.507 e. The van der Waals surface area contributed by atoms with Crippen LogP contribution in [0.25, 0.3) is 0 Å². The first-order valence-corrected chi connectivity index (χ1v) is 14.1. The second-order valence-corrected chi connectivity index (χ2v) is 10.1. The van der Waals surface area contributed by atoms with Crippen LogP contribution in [0.3, 0.4) is 0 Å². The van der Waals surface area contributed by atoms with Crippen molar-refractivity contribution in [3.63, 3.8) is 0 Å². The maximum absolute atomic E-state index is 13.3. The maximum atomic E-state index is 13.3. The molecule has 0 fully saturated rings. The predicted octanol–water partition coefficient (Wildman–Crippen LogP) is 6.18. The van der Waals surface area contributed by atoms with Crippen LogP contribution in [0.4, 0.5) is 0 Å². The van der Waals surface area contributed by atoms with Gasteiger partial charge in [-0.25, -0.2) is 4.79 Å². The van der Waals surface area contributed by atoms with Gasteiger partial charge in [0, 0.05) is 16.7 Å². The molecule has 0 radical (unpaired) electrons. The van der Waals surface area contributed by atoms with Crippen LogP contribution in [0.1, 0.15) is 83.4 Å². The Kier molecular flexibility index (Phi) is 10.0. The Labute approximate surface area is 239 Å². The smallest absolute Gasteiger partial charge is 0.344 e. The molecule has 1 aliphatic rings. The van der Waals surface area contributed by atoms with Crippen LogP contribution in [0, 0.1) is 0 Å². The number of carbonyl (C=O) groups is 3. The lowest BCUT2D eigenvalue weighted by atomic mass is 9.94. The van der Waals surface area contributed by atoms with E-state index in [0.29, 0.717) is 84.0 Å². The number of hydrogen-bond acceptors (Lipinski definition) is 7. The van der Waals surface area contributed by atoms with Crippen molar-refractivity contribution < 1.29 is 38.8 Å². The molecule has 0 saturated heterocycles. The molecule has 0 saturated carbocycles. The van der Waals surface area contributed by atoms with E-state index in [1.165, 1.54) is 6.92 Å². The molecule has 2 N–H and O–H groups in total. The zero-order valence-corrected chi connectivity index (χ0v) is 23.5. The molecule has 0 amide bonds. The summed E-state index contributed by atoms with van der Waals surface area (Å²) in [6.07, 6.45) is 3.47. The molecule has 0 spiro atoms. The summed E-state index contributed by atoms with van der Waals surface area (Å²) in [6.45, 7) is 4.24. The number of carboxylic acid groups (broad SMARTS) is 1. The second-order valence-electron chi connectivity index (χ2n) is 10.1. The third-order valence-electron chi connectivity index (χ3n) is 7.11. The van der Waals surface area contributed by atoms with Gasteiger partial charge in [-0.1, -0.05) is 43.7 Å². The first-order chi connectivity index (χ1) is 19.8. The highest BCUT2D eigenvalue weighted by molar-refractivity contribution is 6.11. The summed E-state index contributed by atoms with van der Waals surface area (Å²) in [4.78, 5) is 36.6. The topological polar surface area (TPSA) is 119 Å². The Bertz CT molecular complexity index is 1400. The minimum atomic E-state index is -1.02. The van der Waals surface area contributed by atoms with E-state index in [2.05, 4.69) is 0 Å². The second kappa shape index (κ2) is 13.8. The standard InChI is InChI=1S/C33H36O8/c1-3-10-24-27(16-13-23(21(2)34)31(24)36)39-19-8-5-9-20-40-32-25-14-18-29(33(37)38)41-28(25)17-15-26(32)30(35)22-11-6-4-7-12-22/h4,6-7,11-13,15-17,29,36H,3,5,8-10,14,18-20H2,1-2H3,(H,37,38). The monoisotopic (exact) mass is 560 g/mol. The van der Waals surface area contributed by atoms with Crippen molar-refractivity contribution in [2.24, 2.45) is 0 Å². The number of hydrogen-bond donors (Lipinski definition) is 2. The summed E-state index contributed by atoms with van der Waals surface area (Å²) in [5, 5.41) is 19.9. The minimum Gasteiger partial charge on any atom is -0.507 e. The predicted molar refractivity (Wildman–Crippen MR) is 154 cm³/mol. The highest BCUT2D eigenvalue weighted by Gasteiger charge is 2.30. The van der Waals surface area contributed by atoms with Crippen molar-refractivity contribution in [3.8, 4) is 23.0 Å². The van der Waals surface area contributed by atoms with E-state index in [0.717, 1.165) is 19.3 Å². The number of aromatic hydroxyl groups is 1. The molecule has 1 heterocycles.